The highest BCUT2D eigenvalue weighted by atomic mass is 19.4. The van der Waals surface area contributed by atoms with Crippen LogP contribution in [0.4, 0.5) is 13.2 Å². The number of benzene rings is 1. The summed E-state index contributed by atoms with van der Waals surface area (Å²) < 4.78 is 37.4. The Morgan fingerprint density at radius 3 is 2.23 bits per heavy atom. The molecule has 1 aromatic carbocycles. The van der Waals surface area contributed by atoms with E-state index in [1.54, 1.807) is 6.92 Å². The van der Waals surface area contributed by atoms with Crippen molar-refractivity contribution in [1.82, 2.24) is 5.32 Å². The number of alkyl halides is 3. The molecule has 1 aromatic rings. The highest BCUT2D eigenvalue weighted by molar-refractivity contribution is 5.94. The molecule has 2 N–H and O–H groups in total. The van der Waals surface area contributed by atoms with Crippen molar-refractivity contribution in [2.75, 3.05) is 0 Å². The maximum Gasteiger partial charge on any atom is 0.416 e. The molecule has 1 unspecified atom stereocenters. The Kier molecular flexibility index (Phi) is 5.73. The third-order valence-corrected chi connectivity index (χ3v) is 3.09. The maximum absolute atomic E-state index is 12.5. The highest BCUT2D eigenvalue weighted by Gasteiger charge is 2.30. The Labute approximate surface area is 125 Å². The smallest absolute Gasteiger partial charge is 0.416 e. The second-order valence-corrected chi connectivity index (χ2v) is 4.70. The number of nitrogens with one attached hydrogen (secondary N) is 1. The number of carboxylic acids is 1. The number of hydrogen-bond donors (Lipinski definition) is 2. The molecule has 0 aromatic heterocycles. The summed E-state index contributed by atoms with van der Waals surface area (Å²) in [4.78, 5) is 22.5. The van der Waals surface area contributed by atoms with E-state index in [2.05, 4.69) is 5.32 Å². The summed E-state index contributed by atoms with van der Waals surface area (Å²) >= 11 is 0. The standard InChI is InChI=1S/C15H16F3NO3/c1-3-10(14(21)22)8-13(20)19-9(2)11-4-6-12(7-5-11)15(16,17)18/h3-7,9H,8H2,1-2H3,(H,19,20)(H,21,22). The number of rotatable bonds is 5. The molecule has 0 bridgehead atoms. The molecule has 0 saturated heterocycles. The predicted octanol–water partition coefficient (Wildman–Crippen LogP) is 3.30. The lowest BCUT2D eigenvalue weighted by atomic mass is 10.1. The van der Waals surface area contributed by atoms with E-state index < -0.39 is 29.7 Å². The topological polar surface area (TPSA) is 66.4 Å². The molecular weight excluding hydrogens is 299 g/mol. The van der Waals surface area contributed by atoms with Crippen LogP contribution in [0.5, 0.6) is 0 Å². The van der Waals surface area contributed by atoms with Crippen molar-refractivity contribution in [2.45, 2.75) is 32.5 Å². The van der Waals surface area contributed by atoms with Crippen molar-refractivity contribution < 1.29 is 27.9 Å². The lowest BCUT2D eigenvalue weighted by Crippen LogP contribution is -2.27. The van der Waals surface area contributed by atoms with Gasteiger partial charge in [0, 0.05) is 5.57 Å². The van der Waals surface area contributed by atoms with Crippen molar-refractivity contribution in [3.63, 3.8) is 0 Å². The first-order valence-corrected chi connectivity index (χ1v) is 6.50. The van der Waals surface area contributed by atoms with Gasteiger partial charge in [-0.25, -0.2) is 4.79 Å². The first-order valence-electron chi connectivity index (χ1n) is 6.50. The maximum atomic E-state index is 12.5. The third-order valence-electron chi connectivity index (χ3n) is 3.09. The lowest BCUT2D eigenvalue weighted by Gasteiger charge is -2.15. The monoisotopic (exact) mass is 315 g/mol. The van der Waals surface area contributed by atoms with Gasteiger partial charge in [-0.05, 0) is 31.5 Å². The number of carbonyl (C=O) groups excluding carboxylic acids is 1. The van der Waals surface area contributed by atoms with Gasteiger partial charge in [-0.3, -0.25) is 4.79 Å². The van der Waals surface area contributed by atoms with Crippen LogP contribution >= 0.6 is 0 Å². The van der Waals surface area contributed by atoms with Crippen molar-refractivity contribution in [3.8, 4) is 0 Å². The SMILES string of the molecule is CC=C(CC(=O)NC(C)c1ccc(C(F)(F)F)cc1)C(=O)O. The predicted molar refractivity (Wildman–Crippen MR) is 74.0 cm³/mol. The molecule has 0 radical (unpaired) electrons. The average molecular weight is 315 g/mol. The molecule has 0 heterocycles. The summed E-state index contributed by atoms with van der Waals surface area (Å²) in [7, 11) is 0. The van der Waals surface area contributed by atoms with Gasteiger partial charge in [-0.2, -0.15) is 13.2 Å². The van der Waals surface area contributed by atoms with Crippen molar-refractivity contribution in [1.29, 1.82) is 0 Å². The number of carbonyl (C=O) groups is 2. The zero-order chi connectivity index (χ0) is 16.9. The summed E-state index contributed by atoms with van der Waals surface area (Å²) in [5.41, 5.74) is -0.312. The molecule has 1 amide bonds. The largest absolute Gasteiger partial charge is 0.478 e. The molecule has 0 aliphatic carbocycles. The Morgan fingerprint density at radius 2 is 1.82 bits per heavy atom. The van der Waals surface area contributed by atoms with Gasteiger partial charge in [0.25, 0.3) is 0 Å². The Morgan fingerprint density at radius 1 is 1.27 bits per heavy atom. The number of hydrogen-bond acceptors (Lipinski definition) is 2. The minimum Gasteiger partial charge on any atom is -0.478 e. The van der Waals surface area contributed by atoms with Crippen molar-refractivity contribution in [3.05, 3.63) is 47.0 Å². The average Bonchev–Trinajstić information content (AvgIpc) is 2.43. The molecule has 1 rings (SSSR count). The fourth-order valence-electron chi connectivity index (χ4n) is 1.81. The van der Waals surface area contributed by atoms with Crippen molar-refractivity contribution in [2.24, 2.45) is 0 Å². The van der Waals surface area contributed by atoms with Gasteiger partial charge in [0.05, 0.1) is 18.0 Å². The molecule has 7 heteroatoms. The molecule has 0 aliphatic rings. The van der Waals surface area contributed by atoms with Crippen LogP contribution in [0.1, 0.15) is 37.4 Å². The fourth-order valence-corrected chi connectivity index (χ4v) is 1.81. The van der Waals surface area contributed by atoms with Gasteiger partial charge in [-0.1, -0.05) is 18.2 Å². The molecule has 0 fully saturated rings. The molecule has 4 nitrogen and oxygen atoms in total. The van der Waals surface area contributed by atoms with E-state index >= 15 is 0 Å². The molecule has 0 aliphatic heterocycles. The van der Waals surface area contributed by atoms with Crippen LogP contribution < -0.4 is 5.32 Å². The zero-order valence-electron chi connectivity index (χ0n) is 12.1. The van der Waals surface area contributed by atoms with E-state index in [-0.39, 0.29) is 12.0 Å². The van der Waals surface area contributed by atoms with Crippen LogP contribution in [-0.4, -0.2) is 17.0 Å². The number of aliphatic carboxylic acids is 1. The molecule has 22 heavy (non-hydrogen) atoms. The summed E-state index contributed by atoms with van der Waals surface area (Å²) in [6.45, 7) is 3.12. The first kappa shape index (κ1) is 17.7. The summed E-state index contributed by atoms with van der Waals surface area (Å²) in [6.07, 6.45) is -3.38. The minimum atomic E-state index is -4.41. The van der Waals surface area contributed by atoms with Crippen LogP contribution in [0.3, 0.4) is 0 Å². The molecule has 120 valence electrons. The highest BCUT2D eigenvalue weighted by Crippen LogP contribution is 2.29. The van der Waals surface area contributed by atoms with Gasteiger partial charge < -0.3 is 10.4 Å². The van der Waals surface area contributed by atoms with Crippen LogP contribution in [0.15, 0.2) is 35.9 Å². The summed E-state index contributed by atoms with van der Waals surface area (Å²) in [5.74, 6) is -1.69. The van der Waals surface area contributed by atoms with E-state index in [0.717, 1.165) is 12.1 Å². The van der Waals surface area contributed by atoms with E-state index in [9.17, 15) is 22.8 Å². The first-order chi connectivity index (χ1) is 10.1. The Hall–Kier alpha value is -2.31. The second kappa shape index (κ2) is 7.11. The van der Waals surface area contributed by atoms with Gasteiger partial charge in [0.15, 0.2) is 0 Å². The van der Waals surface area contributed by atoms with E-state index in [4.69, 9.17) is 5.11 Å². The van der Waals surface area contributed by atoms with Crippen LogP contribution in [0.2, 0.25) is 0 Å². The number of amides is 1. The van der Waals surface area contributed by atoms with E-state index in [1.807, 2.05) is 0 Å². The normalized spacial score (nSPS) is 13.6. The number of halogens is 3. The van der Waals surface area contributed by atoms with Gasteiger partial charge in [0.2, 0.25) is 5.91 Å². The molecule has 0 spiro atoms. The fraction of sp³-hybridized carbons (Fsp3) is 0.333. The van der Waals surface area contributed by atoms with Crippen LogP contribution in [0.25, 0.3) is 0 Å². The Balaban J connectivity index is 2.71. The Bertz CT molecular complexity index is 577. The molecule has 0 saturated carbocycles. The quantitative estimate of drug-likeness (QED) is 0.819. The summed E-state index contributed by atoms with van der Waals surface area (Å²) in [6, 6.07) is 3.91. The van der Waals surface area contributed by atoms with Crippen LogP contribution in [0, 0.1) is 0 Å². The third kappa shape index (κ3) is 4.91. The number of allylic oxidation sites excluding steroid dienone is 1. The van der Waals surface area contributed by atoms with Crippen molar-refractivity contribution >= 4 is 11.9 Å². The van der Waals surface area contributed by atoms with Crippen LogP contribution in [-0.2, 0) is 15.8 Å². The molecule has 1 atom stereocenters. The van der Waals surface area contributed by atoms with E-state index in [0.29, 0.717) is 5.56 Å². The lowest BCUT2D eigenvalue weighted by molar-refractivity contribution is -0.137. The number of carboxylic acid groups (broad SMARTS) is 1. The zero-order valence-corrected chi connectivity index (χ0v) is 12.1. The molecular formula is C15H16F3NO3. The van der Waals surface area contributed by atoms with Gasteiger partial charge in [-0.15, -0.1) is 0 Å². The van der Waals surface area contributed by atoms with Gasteiger partial charge in [0.1, 0.15) is 0 Å². The van der Waals surface area contributed by atoms with Gasteiger partial charge >= 0.3 is 12.1 Å². The van der Waals surface area contributed by atoms with E-state index in [1.165, 1.54) is 25.1 Å². The second-order valence-electron chi connectivity index (χ2n) is 4.70. The summed E-state index contributed by atoms with van der Waals surface area (Å²) in [5, 5.41) is 11.4. The minimum absolute atomic E-state index is 0.0443.